The molecule has 3 rings (SSSR count). The molecule has 0 aliphatic heterocycles. The van der Waals surface area contributed by atoms with E-state index in [1.54, 1.807) is 18.4 Å². The Kier molecular flexibility index (Phi) is 3.94. The smallest absolute Gasteiger partial charge is 0.194 e. The van der Waals surface area contributed by atoms with Gasteiger partial charge in [0.15, 0.2) is 4.96 Å². The van der Waals surface area contributed by atoms with Gasteiger partial charge >= 0.3 is 0 Å². The lowest BCUT2D eigenvalue weighted by molar-refractivity contribution is 0.414. The largest absolute Gasteiger partial charge is 0.497 e. The van der Waals surface area contributed by atoms with E-state index in [4.69, 9.17) is 4.74 Å². The van der Waals surface area contributed by atoms with E-state index >= 15 is 0 Å². The maximum atomic E-state index is 5.19. The lowest BCUT2D eigenvalue weighted by Crippen LogP contribution is -2.19. The summed E-state index contributed by atoms with van der Waals surface area (Å²) in [5.74, 6) is 0.887. The fourth-order valence-electron chi connectivity index (χ4n) is 2.41. The zero-order chi connectivity index (χ0) is 14.8. The van der Waals surface area contributed by atoms with Crippen LogP contribution in [-0.4, -0.2) is 16.5 Å². The molecule has 0 fully saturated rings. The number of thiazole rings is 1. The van der Waals surface area contributed by atoms with Crippen LogP contribution < -0.4 is 10.1 Å². The van der Waals surface area contributed by atoms with E-state index in [1.807, 2.05) is 12.1 Å². The Balaban J connectivity index is 1.71. The topological polar surface area (TPSA) is 38.6 Å². The minimum Gasteiger partial charge on any atom is -0.497 e. The minimum absolute atomic E-state index is 0.277. The average molecular weight is 301 g/mol. The Labute approximate surface area is 128 Å². The molecule has 0 spiro atoms. The summed E-state index contributed by atoms with van der Waals surface area (Å²) in [5.41, 5.74) is 3.57. The van der Waals surface area contributed by atoms with Crippen molar-refractivity contribution in [1.82, 2.24) is 14.7 Å². The normalized spacial score (nSPS) is 12.7. The van der Waals surface area contributed by atoms with Gasteiger partial charge in [0.2, 0.25) is 0 Å². The summed E-state index contributed by atoms with van der Waals surface area (Å²) >= 11 is 1.67. The molecular formula is C16H19N3OS. The van der Waals surface area contributed by atoms with Gasteiger partial charge in [-0.1, -0.05) is 12.1 Å². The predicted octanol–water partition coefficient (Wildman–Crippen LogP) is 3.56. The van der Waals surface area contributed by atoms with Gasteiger partial charge in [0.25, 0.3) is 0 Å². The van der Waals surface area contributed by atoms with Crippen LogP contribution in [0.2, 0.25) is 0 Å². The summed E-state index contributed by atoms with van der Waals surface area (Å²) in [6.07, 6.45) is 2.08. The highest BCUT2D eigenvalue weighted by molar-refractivity contribution is 7.15. The number of ether oxygens (including phenoxy) is 1. The number of rotatable bonds is 5. The number of aryl methyl sites for hydroxylation is 1. The molecule has 110 valence electrons. The predicted molar refractivity (Wildman–Crippen MR) is 86.1 cm³/mol. The molecule has 0 saturated carbocycles. The van der Waals surface area contributed by atoms with Crippen molar-refractivity contribution in [2.45, 2.75) is 26.4 Å². The van der Waals surface area contributed by atoms with Gasteiger partial charge < -0.3 is 10.1 Å². The van der Waals surface area contributed by atoms with Gasteiger partial charge in [0.05, 0.1) is 18.5 Å². The molecule has 0 saturated heterocycles. The van der Waals surface area contributed by atoms with Crippen molar-refractivity contribution < 1.29 is 4.74 Å². The summed E-state index contributed by atoms with van der Waals surface area (Å²) in [4.78, 5) is 5.63. The maximum Gasteiger partial charge on any atom is 0.194 e. The summed E-state index contributed by atoms with van der Waals surface area (Å²) in [5, 5.41) is 5.63. The Bertz CT molecular complexity index is 730. The first-order chi connectivity index (χ1) is 10.2. The highest BCUT2D eigenvalue weighted by Gasteiger charge is 2.11. The molecule has 0 bridgehead atoms. The SMILES string of the molecule is COc1ccc([C@@H](C)NCc2c(C)nc3sccn23)cc1. The molecule has 0 aliphatic carbocycles. The third-order valence-electron chi connectivity index (χ3n) is 3.75. The van der Waals surface area contributed by atoms with E-state index in [9.17, 15) is 0 Å². The van der Waals surface area contributed by atoms with Crippen LogP contribution >= 0.6 is 11.3 Å². The number of methoxy groups -OCH3 is 1. The first kappa shape index (κ1) is 14.1. The van der Waals surface area contributed by atoms with E-state index in [0.717, 1.165) is 22.9 Å². The summed E-state index contributed by atoms with van der Waals surface area (Å²) in [6.45, 7) is 5.04. The van der Waals surface area contributed by atoms with Crippen LogP contribution in [0.3, 0.4) is 0 Å². The highest BCUT2D eigenvalue weighted by atomic mass is 32.1. The zero-order valence-corrected chi connectivity index (χ0v) is 13.3. The average Bonchev–Trinajstić information content (AvgIpc) is 3.06. The van der Waals surface area contributed by atoms with Gasteiger partial charge in [-0.15, -0.1) is 11.3 Å². The molecule has 1 N–H and O–H groups in total. The quantitative estimate of drug-likeness (QED) is 0.783. The molecule has 4 nitrogen and oxygen atoms in total. The summed E-state index contributed by atoms with van der Waals surface area (Å²) in [6, 6.07) is 8.46. The second kappa shape index (κ2) is 5.87. The number of benzene rings is 1. The number of hydrogen-bond acceptors (Lipinski definition) is 4. The van der Waals surface area contributed by atoms with Crippen molar-refractivity contribution in [1.29, 1.82) is 0 Å². The standard InChI is InChI=1S/C16H19N3OS/c1-11(13-4-6-14(20-3)7-5-13)17-10-15-12(2)18-16-19(15)8-9-21-16/h4-9,11,17H,10H2,1-3H3/t11-/m1/s1. The van der Waals surface area contributed by atoms with Crippen LogP contribution in [0.25, 0.3) is 4.96 Å². The first-order valence-electron chi connectivity index (χ1n) is 6.97. The van der Waals surface area contributed by atoms with E-state index in [1.165, 1.54) is 11.3 Å². The maximum absolute atomic E-state index is 5.19. The van der Waals surface area contributed by atoms with Crippen LogP contribution in [0.5, 0.6) is 5.75 Å². The van der Waals surface area contributed by atoms with Crippen LogP contribution in [0.15, 0.2) is 35.8 Å². The van der Waals surface area contributed by atoms with Crippen molar-refractivity contribution in [3.8, 4) is 5.75 Å². The molecule has 3 aromatic rings. The van der Waals surface area contributed by atoms with Crippen molar-refractivity contribution >= 4 is 16.3 Å². The third-order valence-corrected chi connectivity index (χ3v) is 4.51. The second-order valence-electron chi connectivity index (χ2n) is 5.08. The number of aromatic nitrogens is 2. The zero-order valence-electron chi connectivity index (χ0n) is 12.5. The van der Waals surface area contributed by atoms with E-state index in [-0.39, 0.29) is 6.04 Å². The van der Waals surface area contributed by atoms with Crippen molar-refractivity contribution in [3.05, 3.63) is 52.8 Å². The second-order valence-corrected chi connectivity index (χ2v) is 5.95. The molecule has 2 heterocycles. The Morgan fingerprint density at radius 3 is 2.81 bits per heavy atom. The van der Waals surface area contributed by atoms with Gasteiger partial charge in [-0.25, -0.2) is 4.98 Å². The molecule has 1 aromatic carbocycles. The molecule has 1 atom stereocenters. The molecule has 0 unspecified atom stereocenters. The Morgan fingerprint density at radius 2 is 2.10 bits per heavy atom. The molecule has 21 heavy (non-hydrogen) atoms. The van der Waals surface area contributed by atoms with Crippen molar-refractivity contribution in [2.24, 2.45) is 0 Å². The van der Waals surface area contributed by atoms with E-state index < -0.39 is 0 Å². The molecule has 0 aliphatic rings. The van der Waals surface area contributed by atoms with Gasteiger partial charge in [-0.05, 0) is 31.5 Å². The number of nitrogens with zero attached hydrogens (tertiary/aromatic N) is 2. The van der Waals surface area contributed by atoms with Crippen molar-refractivity contribution in [3.63, 3.8) is 0 Å². The van der Waals surface area contributed by atoms with Crippen LogP contribution in [0.4, 0.5) is 0 Å². The molecular weight excluding hydrogens is 282 g/mol. The Hall–Kier alpha value is -1.85. The minimum atomic E-state index is 0.277. The number of nitrogens with one attached hydrogen (secondary N) is 1. The van der Waals surface area contributed by atoms with Gasteiger partial charge in [-0.2, -0.15) is 0 Å². The van der Waals surface area contributed by atoms with E-state index in [0.29, 0.717) is 0 Å². The first-order valence-corrected chi connectivity index (χ1v) is 7.85. The third kappa shape index (κ3) is 2.80. The molecule has 0 radical (unpaired) electrons. The van der Waals surface area contributed by atoms with Crippen LogP contribution in [0.1, 0.15) is 29.9 Å². The fraction of sp³-hybridized carbons (Fsp3) is 0.312. The van der Waals surface area contributed by atoms with Crippen LogP contribution in [-0.2, 0) is 6.54 Å². The molecule has 2 aromatic heterocycles. The van der Waals surface area contributed by atoms with E-state index in [2.05, 4.69) is 52.3 Å². The number of imidazole rings is 1. The molecule has 0 amide bonds. The monoisotopic (exact) mass is 301 g/mol. The van der Waals surface area contributed by atoms with Gasteiger partial charge in [0, 0.05) is 24.2 Å². The highest BCUT2D eigenvalue weighted by Crippen LogP contribution is 2.20. The Morgan fingerprint density at radius 1 is 1.33 bits per heavy atom. The summed E-state index contributed by atoms with van der Waals surface area (Å²) < 4.78 is 7.35. The fourth-order valence-corrected chi connectivity index (χ4v) is 3.19. The lowest BCUT2D eigenvalue weighted by atomic mass is 10.1. The van der Waals surface area contributed by atoms with Gasteiger partial charge in [0.1, 0.15) is 5.75 Å². The summed E-state index contributed by atoms with van der Waals surface area (Å²) in [7, 11) is 1.69. The van der Waals surface area contributed by atoms with Crippen molar-refractivity contribution in [2.75, 3.05) is 7.11 Å². The molecule has 5 heteroatoms. The van der Waals surface area contributed by atoms with Crippen LogP contribution in [0, 0.1) is 6.92 Å². The number of fused-ring (bicyclic) bond motifs is 1. The van der Waals surface area contributed by atoms with Gasteiger partial charge in [-0.3, -0.25) is 4.40 Å². The number of hydrogen-bond donors (Lipinski definition) is 1. The lowest BCUT2D eigenvalue weighted by Gasteiger charge is -2.14.